The molecule has 0 saturated heterocycles. The second kappa shape index (κ2) is 16.8. The van der Waals surface area contributed by atoms with E-state index in [1.165, 1.54) is 12.1 Å². The molecule has 0 aliphatic heterocycles. The van der Waals surface area contributed by atoms with Crippen LogP contribution in [0.5, 0.6) is 0 Å². The lowest BCUT2D eigenvalue weighted by Gasteiger charge is -2.10. The number of fused-ring (bicyclic) bond motifs is 3. The molecule has 0 spiro atoms. The van der Waals surface area contributed by atoms with Crippen molar-refractivity contribution in [1.29, 1.82) is 0 Å². The second-order valence-electron chi connectivity index (χ2n) is 9.82. The number of nitrogens with zero attached hydrogens (tertiary/aromatic N) is 7. The summed E-state index contributed by atoms with van der Waals surface area (Å²) in [5, 5.41) is 2.15. The quantitative estimate of drug-likeness (QED) is 0.133. The SMILES string of the molecule is COC(CBr)OC.Fc1cc(-c2c(Br)nc(Br)c3nccn23)cc2cccnc12.Nc1nc(-c2cc(F)c3ncccc3c2)c(Br)nc1Br. The van der Waals surface area contributed by atoms with Crippen LogP contribution in [-0.2, 0) is 9.47 Å². The number of hydrogen-bond donors (Lipinski definition) is 1. The van der Waals surface area contributed by atoms with Crippen molar-refractivity contribution in [2.75, 3.05) is 25.3 Å². The molecule has 0 aliphatic carbocycles. The van der Waals surface area contributed by atoms with Crippen LogP contribution in [0.15, 0.2) is 91.7 Å². The fourth-order valence-corrected chi connectivity index (χ4v) is 7.40. The van der Waals surface area contributed by atoms with E-state index in [0.717, 1.165) is 16.4 Å². The molecule has 0 amide bonds. The zero-order chi connectivity index (χ0) is 35.2. The van der Waals surface area contributed by atoms with E-state index in [9.17, 15) is 8.78 Å². The summed E-state index contributed by atoms with van der Waals surface area (Å²) in [4.78, 5) is 25.1. The number of imidazole rings is 1. The molecule has 252 valence electrons. The van der Waals surface area contributed by atoms with Gasteiger partial charge in [-0.05, 0) is 100 Å². The third-order valence-electron chi connectivity index (χ3n) is 6.81. The van der Waals surface area contributed by atoms with Gasteiger partial charge in [-0.1, -0.05) is 28.1 Å². The first-order valence-corrected chi connectivity index (χ1v) is 18.2. The molecule has 0 saturated carbocycles. The predicted molar refractivity (Wildman–Crippen MR) is 203 cm³/mol. The molecule has 17 heteroatoms. The van der Waals surface area contributed by atoms with E-state index < -0.39 is 5.82 Å². The Hall–Kier alpha value is -3.06. The first-order chi connectivity index (χ1) is 23.6. The highest BCUT2D eigenvalue weighted by Crippen LogP contribution is 2.34. The molecule has 0 fully saturated rings. The molecule has 0 aliphatic rings. The third-order valence-corrected chi connectivity index (χ3v) is 9.56. The monoisotopic (exact) mass is 984 g/mol. The summed E-state index contributed by atoms with van der Waals surface area (Å²) in [6.07, 6.45) is 6.53. The number of anilines is 1. The third kappa shape index (κ3) is 8.46. The molecule has 49 heavy (non-hydrogen) atoms. The minimum Gasteiger partial charge on any atom is -0.381 e. The number of benzene rings is 2. The van der Waals surface area contributed by atoms with Gasteiger partial charge in [-0.2, -0.15) is 0 Å². The van der Waals surface area contributed by atoms with Gasteiger partial charge in [-0.15, -0.1) is 0 Å². The maximum absolute atomic E-state index is 14.3. The molecule has 0 unspecified atom stereocenters. The van der Waals surface area contributed by atoms with Crippen molar-refractivity contribution in [3.05, 3.63) is 103 Å². The molecule has 7 aromatic rings. The zero-order valence-corrected chi connectivity index (χ0v) is 33.3. The Kier molecular flexibility index (Phi) is 12.7. The Balaban J connectivity index is 0.000000161. The van der Waals surface area contributed by atoms with Crippen molar-refractivity contribution >= 4 is 113 Å². The summed E-state index contributed by atoms with van der Waals surface area (Å²) < 4.78 is 42.0. The van der Waals surface area contributed by atoms with Gasteiger partial charge in [0.2, 0.25) is 0 Å². The van der Waals surface area contributed by atoms with E-state index in [4.69, 9.17) is 15.2 Å². The summed E-state index contributed by atoms with van der Waals surface area (Å²) in [5.41, 5.74) is 9.59. The van der Waals surface area contributed by atoms with E-state index in [1.807, 2.05) is 22.7 Å². The van der Waals surface area contributed by atoms with Crippen LogP contribution in [0.4, 0.5) is 14.6 Å². The van der Waals surface area contributed by atoms with Gasteiger partial charge in [-0.25, -0.2) is 28.7 Å². The van der Waals surface area contributed by atoms with Crippen LogP contribution in [0.2, 0.25) is 0 Å². The number of nitrogen functional groups attached to an aromatic ring is 1. The van der Waals surface area contributed by atoms with Crippen LogP contribution in [0.3, 0.4) is 0 Å². The Bertz CT molecular complexity index is 2270. The van der Waals surface area contributed by atoms with Crippen LogP contribution in [0.25, 0.3) is 50.0 Å². The average Bonchev–Trinajstić information content (AvgIpc) is 3.58. The summed E-state index contributed by atoms with van der Waals surface area (Å²) in [7, 11) is 3.21. The maximum Gasteiger partial charge on any atom is 0.170 e. The van der Waals surface area contributed by atoms with Gasteiger partial charge < -0.3 is 15.2 Å². The first-order valence-electron chi connectivity index (χ1n) is 13.9. The Morgan fingerprint density at radius 2 is 1.31 bits per heavy atom. The van der Waals surface area contributed by atoms with Crippen molar-refractivity contribution in [2.24, 2.45) is 0 Å². The summed E-state index contributed by atoms with van der Waals surface area (Å²) in [6.45, 7) is 0. The molecule has 5 aromatic heterocycles. The number of nitrogens with two attached hydrogens (primary N) is 1. The maximum atomic E-state index is 14.3. The molecular weight excluding hydrogens is 966 g/mol. The van der Waals surface area contributed by atoms with Gasteiger partial charge in [0.05, 0.1) is 11.0 Å². The van der Waals surface area contributed by atoms with E-state index in [2.05, 4.69) is 110 Å². The fraction of sp³-hybridized carbons (Fsp3) is 0.125. The van der Waals surface area contributed by atoms with Crippen molar-refractivity contribution in [2.45, 2.75) is 6.29 Å². The van der Waals surface area contributed by atoms with Crippen LogP contribution >= 0.6 is 79.6 Å². The standard InChI is InChI=1S/C15H7Br2FN4.C13H7Br2FN4.C4H9BrO2/c16-13-12(22-5-4-20-15(22)14(17)21-13)9-6-8-2-1-3-19-11(8)10(18)7-9;14-11-10(19-13(17)12(15)20-11)7-4-6-2-1-3-18-9(6)8(16)5-7;1-6-4(3-5)7-2/h1-7H;1-5H,(H2,17,19);4H,3H2,1-2H3. The lowest BCUT2D eigenvalue weighted by molar-refractivity contribution is -0.0834. The second-order valence-corrected chi connectivity index (χ2v) is 13.5. The number of pyridine rings is 2. The fourth-order valence-electron chi connectivity index (χ4n) is 4.57. The number of hydrogen-bond acceptors (Lipinski definition) is 9. The molecule has 10 nitrogen and oxygen atoms in total. The smallest absolute Gasteiger partial charge is 0.170 e. The molecule has 2 aromatic carbocycles. The largest absolute Gasteiger partial charge is 0.381 e. The molecular formula is C32H23Br5F2N8O2. The predicted octanol–water partition coefficient (Wildman–Crippen LogP) is 9.55. The highest BCUT2D eigenvalue weighted by Gasteiger charge is 2.16. The first kappa shape index (κ1) is 37.2. The van der Waals surface area contributed by atoms with Crippen LogP contribution in [0.1, 0.15) is 0 Å². The van der Waals surface area contributed by atoms with Crippen LogP contribution in [-0.4, -0.2) is 60.1 Å². The van der Waals surface area contributed by atoms with Gasteiger partial charge in [0.1, 0.15) is 42.2 Å². The van der Waals surface area contributed by atoms with E-state index in [1.54, 1.807) is 57.1 Å². The summed E-state index contributed by atoms with van der Waals surface area (Å²) >= 11 is 16.5. The number of halogens is 7. The number of rotatable bonds is 5. The van der Waals surface area contributed by atoms with Gasteiger partial charge in [0.15, 0.2) is 22.4 Å². The zero-order valence-electron chi connectivity index (χ0n) is 25.4. The minimum atomic E-state index is -0.409. The van der Waals surface area contributed by atoms with Gasteiger partial charge in [-0.3, -0.25) is 14.4 Å². The summed E-state index contributed by atoms with van der Waals surface area (Å²) in [6, 6.07) is 13.7. The molecule has 5 heterocycles. The molecule has 0 radical (unpaired) electrons. The number of methoxy groups -OCH3 is 2. The van der Waals surface area contributed by atoms with E-state index in [0.29, 0.717) is 57.3 Å². The lowest BCUT2D eigenvalue weighted by Crippen LogP contribution is -2.13. The average molecular weight is 989 g/mol. The van der Waals surface area contributed by atoms with Gasteiger partial charge in [0, 0.05) is 60.9 Å². The lowest BCUT2D eigenvalue weighted by atomic mass is 10.1. The van der Waals surface area contributed by atoms with Crippen molar-refractivity contribution < 1.29 is 18.3 Å². The number of alkyl halides is 1. The number of ether oxygens (including phenoxy) is 2. The van der Waals surface area contributed by atoms with Crippen LogP contribution < -0.4 is 5.73 Å². The van der Waals surface area contributed by atoms with Crippen LogP contribution in [0, 0.1) is 11.6 Å². The molecule has 0 bridgehead atoms. The molecule has 2 N–H and O–H groups in total. The normalized spacial score (nSPS) is 11.1. The highest BCUT2D eigenvalue weighted by molar-refractivity contribution is 9.11. The van der Waals surface area contributed by atoms with E-state index in [-0.39, 0.29) is 17.9 Å². The minimum absolute atomic E-state index is 0.0972. The highest BCUT2D eigenvalue weighted by atomic mass is 79.9. The number of aromatic nitrogens is 7. The molecule has 7 rings (SSSR count). The van der Waals surface area contributed by atoms with Gasteiger partial charge in [0.25, 0.3) is 0 Å². The Morgan fingerprint density at radius 3 is 1.88 bits per heavy atom. The summed E-state index contributed by atoms with van der Waals surface area (Å²) in [5.74, 6) is -0.528. The Morgan fingerprint density at radius 1 is 0.735 bits per heavy atom. The molecule has 0 atom stereocenters. The Labute approximate surface area is 320 Å². The van der Waals surface area contributed by atoms with E-state index >= 15 is 0 Å². The van der Waals surface area contributed by atoms with Crippen molar-refractivity contribution in [3.63, 3.8) is 0 Å². The van der Waals surface area contributed by atoms with Gasteiger partial charge >= 0.3 is 0 Å². The topological polar surface area (TPSA) is 126 Å². The van der Waals surface area contributed by atoms with Crippen molar-refractivity contribution in [3.8, 4) is 22.5 Å². The van der Waals surface area contributed by atoms with Crippen molar-refractivity contribution in [1.82, 2.24) is 34.3 Å².